The first-order chi connectivity index (χ1) is 11.6. The van der Waals surface area contributed by atoms with Crippen LogP contribution in [0.15, 0.2) is 66.7 Å². The molecule has 4 heteroatoms. The van der Waals surface area contributed by atoms with E-state index in [0.29, 0.717) is 18.1 Å². The summed E-state index contributed by atoms with van der Waals surface area (Å²) in [4.78, 5) is 16.0. The molecule has 120 valence electrons. The van der Waals surface area contributed by atoms with E-state index in [9.17, 15) is 9.90 Å². The number of carbonyl (C=O) groups is 1. The molecule has 0 saturated carbocycles. The summed E-state index contributed by atoms with van der Waals surface area (Å²) in [7, 11) is 0. The number of rotatable bonds is 5. The number of aryl methyl sites for hydroxylation is 1. The Morgan fingerprint density at radius 2 is 1.75 bits per heavy atom. The van der Waals surface area contributed by atoms with E-state index in [-0.39, 0.29) is 5.56 Å². The monoisotopic (exact) mass is 318 g/mol. The second-order valence-electron chi connectivity index (χ2n) is 5.64. The highest BCUT2D eigenvalue weighted by atomic mass is 16.4. The quantitative estimate of drug-likeness (QED) is 0.733. The molecular formula is C20H18N2O2. The molecule has 1 aromatic heterocycles. The van der Waals surface area contributed by atoms with Crippen LogP contribution in [0.1, 0.15) is 21.5 Å². The number of nitrogens with one attached hydrogen (secondary N) is 1. The molecule has 3 aromatic rings. The van der Waals surface area contributed by atoms with Gasteiger partial charge in [0.05, 0.1) is 11.3 Å². The Balaban J connectivity index is 1.91. The Morgan fingerprint density at radius 3 is 2.42 bits per heavy atom. The minimum atomic E-state index is -0.964. The highest BCUT2D eigenvalue weighted by Gasteiger charge is 2.10. The van der Waals surface area contributed by atoms with Gasteiger partial charge in [-0.3, -0.25) is 0 Å². The second-order valence-corrected chi connectivity index (χ2v) is 5.64. The maximum atomic E-state index is 11.4. The van der Waals surface area contributed by atoms with Gasteiger partial charge in [0.1, 0.15) is 5.82 Å². The van der Waals surface area contributed by atoms with Crippen LogP contribution in [-0.4, -0.2) is 16.1 Å². The Morgan fingerprint density at radius 1 is 1.04 bits per heavy atom. The number of carboxylic acid groups (broad SMARTS) is 1. The second kappa shape index (κ2) is 6.96. The standard InChI is InChI=1S/C20H18N2O2/c1-14-7-9-16(10-8-14)18-11-17(20(23)24)12-19(22-18)21-13-15-5-3-2-4-6-15/h2-12H,13H2,1H3,(H,21,22)(H,23,24). The number of hydrogen-bond acceptors (Lipinski definition) is 3. The molecule has 0 radical (unpaired) electrons. The molecule has 0 atom stereocenters. The highest BCUT2D eigenvalue weighted by Crippen LogP contribution is 2.22. The van der Waals surface area contributed by atoms with Crippen molar-refractivity contribution in [2.75, 3.05) is 5.32 Å². The van der Waals surface area contributed by atoms with Gasteiger partial charge in [0.15, 0.2) is 0 Å². The number of nitrogens with zero attached hydrogens (tertiary/aromatic N) is 1. The van der Waals surface area contributed by atoms with Crippen LogP contribution in [0.5, 0.6) is 0 Å². The Kier molecular flexibility index (Phi) is 4.57. The fraction of sp³-hybridized carbons (Fsp3) is 0.100. The highest BCUT2D eigenvalue weighted by molar-refractivity contribution is 5.90. The summed E-state index contributed by atoms with van der Waals surface area (Å²) >= 11 is 0. The number of benzene rings is 2. The lowest BCUT2D eigenvalue weighted by Gasteiger charge is -2.10. The number of pyridine rings is 1. The summed E-state index contributed by atoms with van der Waals surface area (Å²) in [5.74, 6) is -0.414. The summed E-state index contributed by atoms with van der Waals surface area (Å²) in [5, 5.41) is 12.6. The number of hydrogen-bond donors (Lipinski definition) is 2. The van der Waals surface area contributed by atoms with Crippen LogP contribution in [-0.2, 0) is 6.54 Å². The van der Waals surface area contributed by atoms with Crippen LogP contribution in [0.2, 0.25) is 0 Å². The van der Waals surface area contributed by atoms with E-state index in [1.807, 2.05) is 61.5 Å². The molecule has 0 aliphatic heterocycles. The van der Waals surface area contributed by atoms with Crippen molar-refractivity contribution >= 4 is 11.8 Å². The van der Waals surface area contributed by atoms with Crippen molar-refractivity contribution in [3.8, 4) is 11.3 Å². The normalized spacial score (nSPS) is 10.4. The Hall–Kier alpha value is -3.14. The van der Waals surface area contributed by atoms with Gasteiger partial charge in [-0.15, -0.1) is 0 Å². The van der Waals surface area contributed by atoms with Crippen LogP contribution in [0.3, 0.4) is 0 Å². The van der Waals surface area contributed by atoms with Crippen molar-refractivity contribution < 1.29 is 9.90 Å². The minimum Gasteiger partial charge on any atom is -0.478 e. The summed E-state index contributed by atoms with van der Waals surface area (Å²) < 4.78 is 0. The lowest BCUT2D eigenvalue weighted by Crippen LogP contribution is -2.05. The molecule has 0 amide bonds. The van der Waals surface area contributed by atoms with E-state index in [1.54, 1.807) is 12.1 Å². The molecule has 24 heavy (non-hydrogen) atoms. The van der Waals surface area contributed by atoms with E-state index in [4.69, 9.17) is 0 Å². The van der Waals surface area contributed by atoms with Gasteiger partial charge in [0.2, 0.25) is 0 Å². The van der Waals surface area contributed by atoms with Gasteiger partial charge in [-0.05, 0) is 24.6 Å². The summed E-state index contributed by atoms with van der Waals surface area (Å²) in [5.41, 5.74) is 4.01. The average molecular weight is 318 g/mol. The summed E-state index contributed by atoms with van der Waals surface area (Å²) in [6.07, 6.45) is 0. The summed E-state index contributed by atoms with van der Waals surface area (Å²) in [6, 6.07) is 20.9. The number of anilines is 1. The van der Waals surface area contributed by atoms with Crippen LogP contribution >= 0.6 is 0 Å². The van der Waals surface area contributed by atoms with Crippen molar-refractivity contribution in [2.24, 2.45) is 0 Å². The molecule has 0 spiro atoms. The van der Waals surface area contributed by atoms with E-state index in [2.05, 4.69) is 10.3 Å². The van der Waals surface area contributed by atoms with Gasteiger partial charge in [-0.1, -0.05) is 60.2 Å². The van der Waals surface area contributed by atoms with Crippen molar-refractivity contribution in [2.45, 2.75) is 13.5 Å². The van der Waals surface area contributed by atoms with Gasteiger partial charge in [-0.25, -0.2) is 9.78 Å². The van der Waals surface area contributed by atoms with Gasteiger partial charge in [0.25, 0.3) is 0 Å². The molecule has 2 N–H and O–H groups in total. The first-order valence-electron chi connectivity index (χ1n) is 7.72. The molecule has 0 aliphatic rings. The minimum absolute atomic E-state index is 0.219. The maximum absolute atomic E-state index is 11.4. The number of carboxylic acids is 1. The predicted octanol–water partition coefficient (Wildman–Crippen LogP) is 4.37. The molecule has 0 fully saturated rings. The van der Waals surface area contributed by atoms with Crippen LogP contribution < -0.4 is 5.32 Å². The number of aromatic carboxylic acids is 1. The molecule has 0 aliphatic carbocycles. The zero-order chi connectivity index (χ0) is 16.9. The van der Waals surface area contributed by atoms with Crippen molar-refractivity contribution in [3.63, 3.8) is 0 Å². The summed E-state index contributed by atoms with van der Waals surface area (Å²) in [6.45, 7) is 2.60. The molecule has 0 unspecified atom stereocenters. The van der Waals surface area contributed by atoms with Crippen molar-refractivity contribution in [1.82, 2.24) is 4.98 Å². The topological polar surface area (TPSA) is 62.2 Å². The third kappa shape index (κ3) is 3.79. The molecule has 1 heterocycles. The first kappa shape index (κ1) is 15.7. The van der Waals surface area contributed by atoms with E-state index < -0.39 is 5.97 Å². The van der Waals surface area contributed by atoms with E-state index in [1.165, 1.54) is 0 Å². The molecule has 0 bridgehead atoms. The molecule has 3 rings (SSSR count). The van der Waals surface area contributed by atoms with Crippen molar-refractivity contribution in [3.05, 3.63) is 83.4 Å². The molecular weight excluding hydrogens is 300 g/mol. The lowest BCUT2D eigenvalue weighted by atomic mass is 10.1. The fourth-order valence-electron chi connectivity index (χ4n) is 2.41. The van der Waals surface area contributed by atoms with Gasteiger partial charge in [-0.2, -0.15) is 0 Å². The zero-order valence-corrected chi connectivity index (χ0v) is 13.4. The average Bonchev–Trinajstić information content (AvgIpc) is 2.61. The Labute approximate surface area is 140 Å². The largest absolute Gasteiger partial charge is 0.478 e. The maximum Gasteiger partial charge on any atom is 0.335 e. The first-order valence-corrected chi connectivity index (χ1v) is 7.72. The van der Waals surface area contributed by atoms with Crippen molar-refractivity contribution in [1.29, 1.82) is 0 Å². The third-order valence-corrected chi connectivity index (χ3v) is 3.74. The predicted molar refractivity (Wildman–Crippen MR) is 95.1 cm³/mol. The van der Waals surface area contributed by atoms with E-state index >= 15 is 0 Å². The molecule has 0 saturated heterocycles. The zero-order valence-electron chi connectivity index (χ0n) is 13.4. The van der Waals surface area contributed by atoms with Crippen LogP contribution in [0.4, 0.5) is 5.82 Å². The van der Waals surface area contributed by atoms with Gasteiger partial charge < -0.3 is 10.4 Å². The Bertz CT molecular complexity index is 843. The van der Waals surface area contributed by atoms with Crippen LogP contribution in [0.25, 0.3) is 11.3 Å². The van der Waals surface area contributed by atoms with Gasteiger partial charge >= 0.3 is 5.97 Å². The van der Waals surface area contributed by atoms with Crippen LogP contribution in [0, 0.1) is 6.92 Å². The third-order valence-electron chi connectivity index (χ3n) is 3.74. The van der Waals surface area contributed by atoms with E-state index in [0.717, 1.165) is 16.7 Å². The SMILES string of the molecule is Cc1ccc(-c2cc(C(=O)O)cc(NCc3ccccc3)n2)cc1. The molecule has 4 nitrogen and oxygen atoms in total. The lowest BCUT2D eigenvalue weighted by molar-refractivity contribution is 0.0697. The fourth-order valence-corrected chi connectivity index (χ4v) is 2.41. The smallest absolute Gasteiger partial charge is 0.335 e. The number of aromatic nitrogens is 1. The molecule has 2 aromatic carbocycles. The van der Waals surface area contributed by atoms with Gasteiger partial charge in [0, 0.05) is 12.1 Å².